The number of methoxy groups -OCH3 is 1. The first kappa shape index (κ1) is 11.9. The van der Waals surface area contributed by atoms with Crippen LogP contribution in [-0.4, -0.2) is 16.7 Å². The molecule has 0 aliphatic rings. The molecule has 0 aliphatic carbocycles. The van der Waals surface area contributed by atoms with Crippen molar-refractivity contribution < 1.29 is 4.74 Å². The summed E-state index contributed by atoms with van der Waals surface area (Å²) in [6, 6.07) is 9.53. The van der Waals surface area contributed by atoms with Crippen LogP contribution in [-0.2, 0) is 6.54 Å². The Bertz CT molecular complexity index is 776. The summed E-state index contributed by atoms with van der Waals surface area (Å²) >= 11 is 1.42. The summed E-state index contributed by atoms with van der Waals surface area (Å²) in [4.78, 5) is 16.6. The fraction of sp³-hybridized carbons (Fsp3) is 0.143. The van der Waals surface area contributed by atoms with Crippen molar-refractivity contribution in [3.8, 4) is 5.75 Å². The van der Waals surface area contributed by atoms with Crippen LogP contribution in [0.4, 0.5) is 0 Å². The van der Waals surface area contributed by atoms with Crippen molar-refractivity contribution in [1.29, 1.82) is 0 Å². The van der Waals surface area contributed by atoms with E-state index in [2.05, 4.69) is 4.98 Å². The number of para-hydroxylation sites is 1. The lowest BCUT2D eigenvalue weighted by molar-refractivity contribution is 0.408. The molecule has 0 N–H and O–H groups in total. The van der Waals surface area contributed by atoms with Crippen LogP contribution < -0.4 is 10.3 Å². The standard InChI is InChI=1S/C14H12N2O2S/c1-18-12-5-3-2-4-10(12)8-16-9-15-11-6-7-19-13(11)14(16)17/h2-7,9H,8H2,1H3. The van der Waals surface area contributed by atoms with E-state index in [-0.39, 0.29) is 5.56 Å². The van der Waals surface area contributed by atoms with Gasteiger partial charge in [0.1, 0.15) is 10.4 Å². The summed E-state index contributed by atoms with van der Waals surface area (Å²) in [5.74, 6) is 0.778. The smallest absolute Gasteiger partial charge is 0.271 e. The predicted molar refractivity (Wildman–Crippen MR) is 76.0 cm³/mol. The molecule has 0 bridgehead atoms. The Labute approximate surface area is 113 Å². The molecule has 0 amide bonds. The van der Waals surface area contributed by atoms with Crippen molar-refractivity contribution in [2.24, 2.45) is 0 Å². The van der Waals surface area contributed by atoms with Gasteiger partial charge in [-0.25, -0.2) is 4.98 Å². The minimum absolute atomic E-state index is 0.00842. The third kappa shape index (κ3) is 2.13. The minimum atomic E-state index is -0.00842. The highest BCUT2D eigenvalue weighted by Gasteiger charge is 2.08. The molecule has 4 nitrogen and oxygen atoms in total. The van der Waals surface area contributed by atoms with Crippen LogP contribution in [0, 0.1) is 0 Å². The lowest BCUT2D eigenvalue weighted by Gasteiger charge is -2.09. The van der Waals surface area contributed by atoms with Gasteiger partial charge < -0.3 is 4.74 Å². The number of aromatic nitrogens is 2. The van der Waals surface area contributed by atoms with Gasteiger partial charge in [-0.3, -0.25) is 9.36 Å². The molecule has 0 atom stereocenters. The summed E-state index contributed by atoms with van der Waals surface area (Å²) in [5, 5.41) is 1.88. The van der Waals surface area contributed by atoms with Crippen molar-refractivity contribution in [2.45, 2.75) is 6.54 Å². The number of thiophene rings is 1. The SMILES string of the molecule is COc1ccccc1Cn1cnc2ccsc2c1=O. The number of hydrogen-bond acceptors (Lipinski definition) is 4. The van der Waals surface area contributed by atoms with Gasteiger partial charge in [0, 0.05) is 5.56 Å². The zero-order valence-electron chi connectivity index (χ0n) is 10.4. The Morgan fingerprint density at radius 1 is 1.32 bits per heavy atom. The van der Waals surface area contributed by atoms with Gasteiger partial charge in [0.25, 0.3) is 5.56 Å². The fourth-order valence-corrected chi connectivity index (χ4v) is 2.80. The van der Waals surface area contributed by atoms with Crippen LogP contribution >= 0.6 is 11.3 Å². The molecule has 0 fully saturated rings. The van der Waals surface area contributed by atoms with Crippen LogP contribution in [0.15, 0.2) is 46.8 Å². The van der Waals surface area contributed by atoms with Gasteiger partial charge in [0.05, 0.1) is 25.5 Å². The summed E-state index contributed by atoms with van der Waals surface area (Å²) < 4.78 is 7.60. The lowest BCUT2D eigenvalue weighted by atomic mass is 10.2. The second kappa shape index (κ2) is 4.85. The quantitative estimate of drug-likeness (QED) is 0.736. The van der Waals surface area contributed by atoms with Gasteiger partial charge in [0.15, 0.2) is 0 Å². The summed E-state index contributed by atoms with van der Waals surface area (Å²) in [6.07, 6.45) is 1.59. The van der Waals surface area contributed by atoms with Crippen molar-refractivity contribution in [2.75, 3.05) is 7.11 Å². The second-order valence-electron chi connectivity index (χ2n) is 4.12. The number of hydrogen-bond donors (Lipinski definition) is 0. The number of nitrogens with zero attached hydrogens (tertiary/aromatic N) is 2. The number of rotatable bonds is 3. The molecule has 19 heavy (non-hydrogen) atoms. The average molecular weight is 272 g/mol. The van der Waals surface area contributed by atoms with Crippen molar-refractivity contribution in [1.82, 2.24) is 9.55 Å². The minimum Gasteiger partial charge on any atom is -0.496 e. The lowest BCUT2D eigenvalue weighted by Crippen LogP contribution is -2.20. The zero-order chi connectivity index (χ0) is 13.2. The molecule has 0 saturated carbocycles. The molecule has 0 radical (unpaired) electrons. The van der Waals surface area contributed by atoms with Crippen molar-refractivity contribution >= 4 is 21.6 Å². The van der Waals surface area contributed by atoms with Gasteiger partial charge in [-0.1, -0.05) is 18.2 Å². The number of benzene rings is 1. The van der Waals surface area contributed by atoms with Crippen LogP contribution in [0.1, 0.15) is 5.56 Å². The monoisotopic (exact) mass is 272 g/mol. The second-order valence-corrected chi connectivity index (χ2v) is 5.04. The molecule has 0 spiro atoms. The molecule has 3 rings (SSSR count). The molecule has 0 saturated heterocycles. The van der Waals surface area contributed by atoms with E-state index in [4.69, 9.17) is 4.74 Å². The van der Waals surface area contributed by atoms with Crippen LogP contribution in [0.2, 0.25) is 0 Å². The summed E-state index contributed by atoms with van der Waals surface area (Å²) in [7, 11) is 1.63. The van der Waals surface area contributed by atoms with Crippen LogP contribution in [0.3, 0.4) is 0 Å². The maximum atomic E-state index is 12.3. The van der Waals surface area contributed by atoms with Gasteiger partial charge >= 0.3 is 0 Å². The molecule has 96 valence electrons. The van der Waals surface area contributed by atoms with Crippen LogP contribution in [0.25, 0.3) is 10.2 Å². The van der Waals surface area contributed by atoms with Crippen molar-refractivity contribution in [3.05, 3.63) is 58.0 Å². The van der Waals surface area contributed by atoms with Gasteiger partial charge in [0.2, 0.25) is 0 Å². The Morgan fingerprint density at radius 3 is 3.00 bits per heavy atom. The maximum Gasteiger partial charge on any atom is 0.271 e. The Hall–Kier alpha value is -2.14. The molecular weight excluding hydrogens is 260 g/mol. The molecule has 2 heterocycles. The molecular formula is C14H12N2O2S. The first-order valence-corrected chi connectivity index (χ1v) is 6.72. The molecule has 1 aromatic carbocycles. The van der Waals surface area contributed by atoms with Gasteiger partial charge in [-0.2, -0.15) is 0 Å². The molecule has 3 aromatic rings. The average Bonchev–Trinajstić information content (AvgIpc) is 2.92. The van der Waals surface area contributed by atoms with E-state index in [1.54, 1.807) is 18.0 Å². The Kier molecular flexibility index (Phi) is 3.05. The Balaban J connectivity index is 2.06. The highest BCUT2D eigenvalue weighted by molar-refractivity contribution is 7.17. The predicted octanol–water partition coefficient (Wildman–Crippen LogP) is 2.51. The van der Waals surface area contributed by atoms with E-state index in [0.717, 1.165) is 16.8 Å². The topological polar surface area (TPSA) is 44.1 Å². The molecule has 5 heteroatoms. The summed E-state index contributed by atoms with van der Waals surface area (Å²) in [6.45, 7) is 0.462. The highest BCUT2D eigenvalue weighted by atomic mass is 32.1. The van der Waals surface area contributed by atoms with E-state index >= 15 is 0 Å². The van der Waals surface area contributed by atoms with E-state index in [0.29, 0.717) is 11.2 Å². The molecule has 0 aliphatic heterocycles. The van der Waals surface area contributed by atoms with E-state index < -0.39 is 0 Å². The zero-order valence-corrected chi connectivity index (χ0v) is 11.2. The van der Waals surface area contributed by atoms with Gasteiger partial charge in [-0.05, 0) is 17.5 Å². The first-order chi connectivity index (χ1) is 9.29. The maximum absolute atomic E-state index is 12.3. The van der Waals surface area contributed by atoms with E-state index in [1.807, 2.05) is 35.7 Å². The number of ether oxygens (including phenoxy) is 1. The summed E-state index contributed by atoms with van der Waals surface area (Å²) in [5.41, 5.74) is 1.71. The normalized spacial score (nSPS) is 10.8. The first-order valence-electron chi connectivity index (χ1n) is 5.84. The van der Waals surface area contributed by atoms with Gasteiger partial charge in [-0.15, -0.1) is 11.3 Å². The third-order valence-corrected chi connectivity index (χ3v) is 3.86. The van der Waals surface area contributed by atoms with E-state index in [9.17, 15) is 4.79 Å². The van der Waals surface area contributed by atoms with Crippen LogP contribution in [0.5, 0.6) is 5.75 Å². The van der Waals surface area contributed by atoms with E-state index in [1.165, 1.54) is 11.3 Å². The largest absolute Gasteiger partial charge is 0.496 e. The highest BCUT2D eigenvalue weighted by Crippen LogP contribution is 2.19. The Morgan fingerprint density at radius 2 is 2.16 bits per heavy atom. The molecule has 2 aromatic heterocycles. The number of fused-ring (bicyclic) bond motifs is 1. The fourth-order valence-electron chi connectivity index (χ4n) is 2.01. The third-order valence-electron chi connectivity index (χ3n) is 2.97. The van der Waals surface area contributed by atoms with Crippen molar-refractivity contribution in [3.63, 3.8) is 0 Å². The molecule has 0 unspecified atom stereocenters.